The number of benzene rings is 1. The highest BCUT2D eigenvalue weighted by molar-refractivity contribution is 7.80. The minimum atomic E-state index is 0.502. The number of hydrogen-bond acceptors (Lipinski definition) is 3. The molecule has 1 unspecified atom stereocenters. The van der Waals surface area contributed by atoms with Gasteiger partial charge in [-0.3, -0.25) is 4.98 Å². The Kier molecular flexibility index (Phi) is 5.01. The van der Waals surface area contributed by atoms with E-state index in [0.29, 0.717) is 16.8 Å². The number of thiocarbonyl (C=S) groups is 1. The van der Waals surface area contributed by atoms with Crippen LogP contribution in [0.25, 0.3) is 0 Å². The van der Waals surface area contributed by atoms with Gasteiger partial charge in [0.2, 0.25) is 0 Å². The lowest BCUT2D eigenvalue weighted by Gasteiger charge is -2.12. The third-order valence-corrected chi connectivity index (χ3v) is 3.36. The van der Waals surface area contributed by atoms with Gasteiger partial charge in [0, 0.05) is 18.1 Å². The number of anilines is 2. The van der Waals surface area contributed by atoms with Gasteiger partial charge >= 0.3 is 0 Å². The molecule has 1 atom stereocenters. The second kappa shape index (κ2) is 6.96. The van der Waals surface area contributed by atoms with Gasteiger partial charge < -0.3 is 10.6 Å². The molecule has 1 heterocycles. The fourth-order valence-corrected chi connectivity index (χ4v) is 2.00. The molecule has 0 aliphatic rings. The molecule has 1 aromatic carbocycles. The van der Waals surface area contributed by atoms with Crippen LogP contribution in [0.2, 0.25) is 0 Å². The molecule has 0 aliphatic heterocycles. The zero-order valence-electron chi connectivity index (χ0n) is 11.6. The molecular formula is C15H18N4S. The molecule has 0 amide bonds. The van der Waals surface area contributed by atoms with Gasteiger partial charge in [0.15, 0.2) is 10.9 Å². The highest BCUT2D eigenvalue weighted by Crippen LogP contribution is 2.20. The van der Waals surface area contributed by atoms with Crippen molar-refractivity contribution in [3.05, 3.63) is 48.4 Å². The lowest BCUT2D eigenvalue weighted by molar-refractivity contribution is 0.734. The maximum Gasteiger partial charge on any atom is 0.176 e. The van der Waals surface area contributed by atoms with Crippen LogP contribution >= 0.6 is 12.2 Å². The van der Waals surface area contributed by atoms with Crippen molar-refractivity contribution in [1.82, 2.24) is 9.97 Å². The molecule has 0 saturated carbocycles. The van der Waals surface area contributed by atoms with Crippen LogP contribution in [0, 0.1) is 0 Å². The first-order valence-electron chi connectivity index (χ1n) is 6.63. The van der Waals surface area contributed by atoms with Crippen molar-refractivity contribution in [2.75, 3.05) is 10.6 Å². The summed E-state index contributed by atoms with van der Waals surface area (Å²) in [6.45, 7) is 4.42. The Morgan fingerprint density at radius 3 is 2.55 bits per heavy atom. The van der Waals surface area contributed by atoms with Crippen LogP contribution in [-0.2, 0) is 0 Å². The summed E-state index contributed by atoms with van der Waals surface area (Å²) < 4.78 is 0. The molecule has 5 heteroatoms. The van der Waals surface area contributed by atoms with Gasteiger partial charge in [-0.05, 0) is 42.3 Å². The third kappa shape index (κ3) is 3.99. The van der Waals surface area contributed by atoms with E-state index >= 15 is 0 Å². The normalized spacial score (nSPS) is 11.7. The fraction of sp³-hybridized carbons (Fsp3) is 0.267. The molecule has 0 aliphatic carbocycles. The van der Waals surface area contributed by atoms with E-state index in [0.717, 1.165) is 12.1 Å². The summed E-state index contributed by atoms with van der Waals surface area (Å²) in [5.74, 6) is 1.20. The smallest absolute Gasteiger partial charge is 0.176 e. The Labute approximate surface area is 124 Å². The van der Waals surface area contributed by atoms with Gasteiger partial charge in [-0.1, -0.05) is 26.0 Å². The Bertz CT molecular complexity index is 554. The van der Waals surface area contributed by atoms with Crippen molar-refractivity contribution < 1.29 is 0 Å². The van der Waals surface area contributed by atoms with Crippen LogP contribution in [0.1, 0.15) is 31.7 Å². The van der Waals surface area contributed by atoms with Crippen molar-refractivity contribution in [1.29, 1.82) is 0 Å². The van der Waals surface area contributed by atoms with E-state index in [-0.39, 0.29) is 0 Å². The molecule has 0 spiro atoms. The van der Waals surface area contributed by atoms with E-state index in [2.05, 4.69) is 46.6 Å². The summed E-state index contributed by atoms with van der Waals surface area (Å²) in [4.78, 5) is 8.08. The van der Waals surface area contributed by atoms with Crippen LogP contribution in [0.5, 0.6) is 0 Å². The van der Waals surface area contributed by atoms with E-state index in [1.54, 1.807) is 18.6 Å². The van der Waals surface area contributed by atoms with E-state index < -0.39 is 0 Å². The van der Waals surface area contributed by atoms with Crippen molar-refractivity contribution in [3.8, 4) is 0 Å². The van der Waals surface area contributed by atoms with E-state index in [4.69, 9.17) is 12.2 Å². The summed E-state index contributed by atoms with van der Waals surface area (Å²) in [6, 6.07) is 8.32. The number of hydrogen-bond donors (Lipinski definition) is 2. The van der Waals surface area contributed by atoms with Crippen molar-refractivity contribution in [2.45, 2.75) is 26.2 Å². The Hall–Kier alpha value is -2.01. The monoisotopic (exact) mass is 286 g/mol. The second-order valence-corrected chi connectivity index (χ2v) is 5.01. The molecule has 20 heavy (non-hydrogen) atoms. The maximum absolute atomic E-state index is 5.24. The SMILES string of the molecule is CCC(C)c1ccc(NC(=S)Nc2cnccn2)cc1. The second-order valence-electron chi connectivity index (χ2n) is 4.60. The molecule has 2 rings (SSSR count). The number of rotatable bonds is 4. The predicted molar refractivity (Wildman–Crippen MR) is 87.0 cm³/mol. The molecule has 0 bridgehead atoms. The van der Waals surface area contributed by atoms with Gasteiger partial charge in [0.05, 0.1) is 6.20 Å². The zero-order chi connectivity index (χ0) is 14.4. The third-order valence-electron chi connectivity index (χ3n) is 3.15. The molecule has 2 N–H and O–H groups in total. The Morgan fingerprint density at radius 2 is 1.95 bits per heavy atom. The van der Waals surface area contributed by atoms with E-state index in [1.807, 2.05) is 12.1 Å². The highest BCUT2D eigenvalue weighted by Gasteiger charge is 2.03. The summed E-state index contributed by atoms with van der Waals surface area (Å²) in [5, 5.41) is 6.61. The van der Waals surface area contributed by atoms with E-state index in [1.165, 1.54) is 5.56 Å². The minimum Gasteiger partial charge on any atom is -0.332 e. The van der Waals surface area contributed by atoms with Gasteiger partial charge in [0.25, 0.3) is 0 Å². The molecule has 1 aromatic heterocycles. The Morgan fingerprint density at radius 1 is 1.20 bits per heavy atom. The fourth-order valence-electron chi connectivity index (χ4n) is 1.77. The number of aromatic nitrogens is 2. The standard InChI is InChI=1S/C15H18N4S/c1-3-11(2)12-4-6-13(7-5-12)18-15(20)19-14-10-16-8-9-17-14/h4-11H,3H2,1-2H3,(H2,17,18,19,20). The van der Waals surface area contributed by atoms with Gasteiger partial charge in [0.1, 0.15) is 0 Å². The molecule has 2 aromatic rings. The Balaban J connectivity index is 1.94. The average molecular weight is 286 g/mol. The first-order valence-corrected chi connectivity index (χ1v) is 7.04. The molecule has 0 radical (unpaired) electrons. The van der Waals surface area contributed by atoms with Crippen molar-refractivity contribution >= 4 is 28.8 Å². The predicted octanol–water partition coefficient (Wildman–Crippen LogP) is 3.80. The van der Waals surface area contributed by atoms with Crippen LogP contribution < -0.4 is 10.6 Å². The van der Waals surface area contributed by atoms with Crippen LogP contribution in [-0.4, -0.2) is 15.1 Å². The summed E-state index contributed by atoms with van der Waals surface area (Å²) in [5.41, 5.74) is 2.30. The number of nitrogens with zero attached hydrogens (tertiary/aromatic N) is 2. The van der Waals surface area contributed by atoms with Gasteiger partial charge in [-0.15, -0.1) is 0 Å². The van der Waals surface area contributed by atoms with Crippen LogP contribution in [0.4, 0.5) is 11.5 Å². The van der Waals surface area contributed by atoms with Crippen LogP contribution in [0.3, 0.4) is 0 Å². The topological polar surface area (TPSA) is 49.8 Å². The molecular weight excluding hydrogens is 268 g/mol. The summed E-state index contributed by atoms with van der Waals surface area (Å²) in [7, 11) is 0. The maximum atomic E-state index is 5.24. The molecule has 104 valence electrons. The number of nitrogens with one attached hydrogen (secondary N) is 2. The van der Waals surface area contributed by atoms with Crippen molar-refractivity contribution in [3.63, 3.8) is 0 Å². The van der Waals surface area contributed by atoms with Gasteiger partial charge in [-0.2, -0.15) is 0 Å². The summed E-state index contributed by atoms with van der Waals surface area (Å²) >= 11 is 5.24. The molecule has 0 fully saturated rings. The first-order chi connectivity index (χ1) is 9.69. The quantitative estimate of drug-likeness (QED) is 0.837. The zero-order valence-corrected chi connectivity index (χ0v) is 12.4. The lowest BCUT2D eigenvalue weighted by atomic mass is 9.99. The minimum absolute atomic E-state index is 0.502. The summed E-state index contributed by atoms with van der Waals surface area (Å²) in [6.07, 6.45) is 6.00. The van der Waals surface area contributed by atoms with Crippen molar-refractivity contribution in [2.24, 2.45) is 0 Å². The van der Waals surface area contributed by atoms with E-state index in [9.17, 15) is 0 Å². The largest absolute Gasteiger partial charge is 0.332 e. The molecule has 4 nitrogen and oxygen atoms in total. The van der Waals surface area contributed by atoms with Crippen LogP contribution in [0.15, 0.2) is 42.9 Å². The lowest BCUT2D eigenvalue weighted by Crippen LogP contribution is -2.19. The first kappa shape index (κ1) is 14.4. The highest BCUT2D eigenvalue weighted by atomic mass is 32.1. The average Bonchev–Trinajstić information content (AvgIpc) is 2.48. The molecule has 0 saturated heterocycles. The van der Waals surface area contributed by atoms with Gasteiger partial charge in [-0.25, -0.2) is 4.98 Å².